The van der Waals surface area contributed by atoms with Gasteiger partial charge < -0.3 is 4.74 Å². The number of rotatable bonds is 6. The number of pyridine rings is 2. The largest absolute Gasteiger partial charge is 0.480 e. The summed E-state index contributed by atoms with van der Waals surface area (Å²) in [6.07, 6.45) is 6.45. The van der Waals surface area contributed by atoms with Gasteiger partial charge in [0.05, 0.1) is 12.1 Å². The van der Waals surface area contributed by atoms with E-state index in [0.717, 1.165) is 39.3 Å². The summed E-state index contributed by atoms with van der Waals surface area (Å²) in [5.74, 6) is 0.998. The number of methoxy groups -OCH3 is 1. The third-order valence-electron chi connectivity index (χ3n) is 4.49. The summed E-state index contributed by atoms with van der Waals surface area (Å²) in [4.78, 5) is 26.9. The molecule has 5 nitrogen and oxygen atoms in total. The molecule has 1 aliphatic carbocycles. The predicted octanol–water partition coefficient (Wildman–Crippen LogP) is 4.29. The van der Waals surface area contributed by atoms with Crippen LogP contribution in [0.25, 0.3) is 10.3 Å². The topological polar surface area (TPSA) is 65.0 Å². The Morgan fingerprint density at radius 2 is 2.12 bits per heavy atom. The average Bonchev–Trinajstić information content (AvgIpc) is 3.35. The molecule has 0 amide bonds. The molecular weight excluding hydrogens is 370 g/mol. The number of thiazole rings is 1. The second kappa shape index (κ2) is 6.93. The molecule has 1 aliphatic rings. The number of halogens is 1. The van der Waals surface area contributed by atoms with Gasteiger partial charge in [0.25, 0.3) is 0 Å². The highest BCUT2D eigenvalue weighted by atomic mass is 35.5. The van der Waals surface area contributed by atoms with Crippen molar-refractivity contribution in [3.05, 3.63) is 45.2 Å². The molecule has 3 heterocycles. The number of carbonyl (C=O) groups excluding carboxylic acids is 1. The number of aryl methyl sites for hydroxylation is 1. The van der Waals surface area contributed by atoms with Gasteiger partial charge in [-0.3, -0.25) is 4.79 Å². The minimum absolute atomic E-state index is 0.114. The van der Waals surface area contributed by atoms with Crippen molar-refractivity contribution in [2.75, 3.05) is 7.11 Å². The van der Waals surface area contributed by atoms with E-state index in [1.807, 2.05) is 13.1 Å². The van der Waals surface area contributed by atoms with Gasteiger partial charge in [0, 0.05) is 25.2 Å². The maximum absolute atomic E-state index is 12.6. The van der Waals surface area contributed by atoms with E-state index in [4.69, 9.17) is 16.3 Å². The first-order chi connectivity index (χ1) is 12.5. The minimum atomic E-state index is 0.114. The van der Waals surface area contributed by atoms with E-state index in [2.05, 4.69) is 15.0 Å². The van der Waals surface area contributed by atoms with Crippen molar-refractivity contribution in [2.45, 2.75) is 38.5 Å². The number of nitrogens with zero attached hydrogens (tertiary/aromatic N) is 3. The highest BCUT2D eigenvalue weighted by Crippen LogP contribution is 2.45. The predicted molar refractivity (Wildman–Crippen MR) is 102 cm³/mol. The Hall–Kier alpha value is -2.05. The summed E-state index contributed by atoms with van der Waals surface area (Å²) in [6.45, 7) is 1.99. The van der Waals surface area contributed by atoms with E-state index in [0.29, 0.717) is 23.2 Å². The summed E-state index contributed by atoms with van der Waals surface area (Å²) in [6, 6.07) is 1.73. The Labute approximate surface area is 160 Å². The molecule has 1 saturated carbocycles. The third kappa shape index (κ3) is 3.44. The summed E-state index contributed by atoms with van der Waals surface area (Å²) in [5, 5.41) is 1.43. The van der Waals surface area contributed by atoms with Gasteiger partial charge in [0.2, 0.25) is 5.88 Å². The quantitative estimate of drug-likeness (QED) is 0.631. The Morgan fingerprint density at radius 3 is 2.81 bits per heavy atom. The molecule has 0 atom stereocenters. The number of Topliss-reactive ketones (excluding diaryl/α,β-unsaturated/α-hetero) is 1. The van der Waals surface area contributed by atoms with Crippen LogP contribution in [0.4, 0.5) is 0 Å². The minimum Gasteiger partial charge on any atom is -0.480 e. The molecule has 0 aromatic carbocycles. The van der Waals surface area contributed by atoms with Crippen LogP contribution in [0.3, 0.4) is 0 Å². The van der Waals surface area contributed by atoms with Gasteiger partial charge in [-0.2, -0.15) is 0 Å². The molecule has 0 unspecified atom stereocenters. The zero-order valence-corrected chi connectivity index (χ0v) is 16.2. The van der Waals surface area contributed by atoms with Crippen molar-refractivity contribution in [2.24, 2.45) is 0 Å². The first-order valence-electron chi connectivity index (χ1n) is 8.50. The van der Waals surface area contributed by atoms with E-state index < -0.39 is 0 Å². The fourth-order valence-corrected chi connectivity index (χ4v) is 4.26. The normalized spacial score (nSPS) is 14.0. The Balaban J connectivity index is 1.58. The molecule has 0 bridgehead atoms. The second-order valence-corrected chi connectivity index (χ2v) is 8.17. The van der Waals surface area contributed by atoms with Gasteiger partial charge in [0.1, 0.15) is 21.2 Å². The van der Waals surface area contributed by atoms with Crippen molar-refractivity contribution in [1.29, 1.82) is 0 Å². The zero-order chi connectivity index (χ0) is 18.3. The fraction of sp³-hybridized carbons (Fsp3) is 0.368. The van der Waals surface area contributed by atoms with E-state index in [9.17, 15) is 4.79 Å². The summed E-state index contributed by atoms with van der Waals surface area (Å²) in [7, 11) is 1.52. The Bertz CT molecular complexity index is 998. The fourth-order valence-electron chi connectivity index (χ4n) is 3.22. The van der Waals surface area contributed by atoms with E-state index >= 15 is 0 Å². The maximum atomic E-state index is 12.6. The number of hydrogen-bond donors (Lipinski definition) is 0. The molecule has 7 heteroatoms. The molecule has 134 valence electrons. The number of fused-ring (bicyclic) bond motifs is 1. The maximum Gasteiger partial charge on any atom is 0.232 e. The number of aromatic nitrogens is 3. The third-order valence-corrected chi connectivity index (χ3v) is 5.64. The number of carbonyl (C=O) groups is 1. The first-order valence-corrected chi connectivity index (χ1v) is 9.69. The SMILES string of the molecule is COc1ncc(CC(=O)Cc2cnc3sc(C)nc3c2C2CC2)cc1Cl. The molecule has 0 radical (unpaired) electrons. The van der Waals surface area contributed by atoms with Crippen molar-refractivity contribution >= 4 is 39.1 Å². The van der Waals surface area contributed by atoms with Crippen LogP contribution in [0.5, 0.6) is 5.88 Å². The van der Waals surface area contributed by atoms with Crippen LogP contribution in [0, 0.1) is 6.92 Å². The van der Waals surface area contributed by atoms with Crippen molar-refractivity contribution in [3.8, 4) is 5.88 Å². The van der Waals surface area contributed by atoms with Crippen LogP contribution in [0.15, 0.2) is 18.5 Å². The van der Waals surface area contributed by atoms with Gasteiger partial charge in [-0.15, -0.1) is 0 Å². The van der Waals surface area contributed by atoms with Gasteiger partial charge >= 0.3 is 0 Å². The van der Waals surface area contributed by atoms with Crippen LogP contribution in [0.1, 0.15) is 40.5 Å². The monoisotopic (exact) mass is 387 g/mol. The highest BCUT2D eigenvalue weighted by molar-refractivity contribution is 7.18. The van der Waals surface area contributed by atoms with Crippen molar-refractivity contribution < 1.29 is 9.53 Å². The molecule has 26 heavy (non-hydrogen) atoms. The van der Waals surface area contributed by atoms with Gasteiger partial charge in [-0.25, -0.2) is 15.0 Å². The second-order valence-electron chi connectivity index (χ2n) is 6.58. The van der Waals surface area contributed by atoms with Crippen molar-refractivity contribution in [3.63, 3.8) is 0 Å². The van der Waals surface area contributed by atoms with E-state index in [1.165, 1.54) is 12.7 Å². The zero-order valence-electron chi connectivity index (χ0n) is 14.6. The van der Waals surface area contributed by atoms with Crippen LogP contribution in [-0.2, 0) is 17.6 Å². The Morgan fingerprint density at radius 1 is 1.31 bits per heavy atom. The standard InChI is InChI=1S/C19H18ClN3O2S/c1-10-23-17-16(12-3-4-12)13(9-22-19(17)26-10)7-14(24)5-11-6-15(20)18(25-2)21-8-11/h6,8-9,12H,3-5,7H2,1-2H3. The van der Waals surface area contributed by atoms with E-state index in [1.54, 1.807) is 23.6 Å². The lowest BCUT2D eigenvalue weighted by atomic mass is 9.98. The number of ether oxygens (including phenoxy) is 1. The number of hydrogen-bond acceptors (Lipinski definition) is 6. The van der Waals surface area contributed by atoms with Gasteiger partial charge in [-0.1, -0.05) is 22.9 Å². The lowest BCUT2D eigenvalue weighted by Crippen LogP contribution is -2.09. The van der Waals surface area contributed by atoms with Crippen molar-refractivity contribution in [1.82, 2.24) is 15.0 Å². The average molecular weight is 388 g/mol. The van der Waals surface area contributed by atoms with Crippen LogP contribution >= 0.6 is 22.9 Å². The molecule has 0 N–H and O–H groups in total. The van der Waals surface area contributed by atoms with Crippen LogP contribution in [-0.4, -0.2) is 27.8 Å². The summed E-state index contributed by atoms with van der Waals surface area (Å²) in [5.41, 5.74) is 3.99. The smallest absolute Gasteiger partial charge is 0.232 e. The lowest BCUT2D eigenvalue weighted by Gasteiger charge is -2.09. The highest BCUT2D eigenvalue weighted by Gasteiger charge is 2.30. The molecule has 0 saturated heterocycles. The molecule has 3 aromatic heterocycles. The molecule has 4 rings (SSSR count). The Kier molecular flexibility index (Phi) is 4.63. The molecular formula is C19H18ClN3O2S. The van der Waals surface area contributed by atoms with Crippen LogP contribution in [0.2, 0.25) is 5.02 Å². The van der Waals surface area contributed by atoms with Gasteiger partial charge in [0.15, 0.2) is 0 Å². The van der Waals surface area contributed by atoms with Crippen LogP contribution < -0.4 is 4.74 Å². The molecule has 3 aromatic rings. The van der Waals surface area contributed by atoms with Gasteiger partial charge in [-0.05, 0) is 48.4 Å². The molecule has 0 spiro atoms. The molecule has 0 aliphatic heterocycles. The lowest BCUT2D eigenvalue weighted by molar-refractivity contribution is -0.117. The van der Waals surface area contributed by atoms with E-state index in [-0.39, 0.29) is 12.2 Å². The first kappa shape index (κ1) is 17.4. The summed E-state index contributed by atoms with van der Waals surface area (Å²) < 4.78 is 5.05. The summed E-state index contributed by atoms with van der Waals surface area (Å²) >= 11 is 7.70. The molecule has 1 fully saturated rings. The number of ketones is 1.